The van der Waals surface area contributed by atoms with Gasteiger partial charge in [0.25, 0.3) is 0 Å². The molecule has 0 atom stereocenters. The number of hydrogen-bond acceptors (Lipinski definition) is 3. The molecule has 148 valence electrons. The molecular formula is C22H25ClN2O3. The van der Waals surface area contributed by atoms with E-state index in [0.29, 0.717) is 50.5 Å². The second-order valence-corrected chi connectivity index (χ2v) is 7.28. The summed E-state index contributed by atoms with van der Waals surface area (Å²) in [5.74, 6) is 0.807. The van der Waals surface area contributed by atoms with Crippen molar-refractivity contribution in [3.05, 3.63) is 65.2 Å². The van der Waals surface area contributed by atoms with Crippen LogP contribution in [0.3, 0.4) is 0 Å². The number of likely N-dealkylation sites (tertiary alicyclic amines) is 1. The van der Waals surface area contributed by atoms with Gasteiger partial charge in [-0.05, 0) is 36.6 Å². The summed E-state index contributed by atoms with van der Waals surface area (Å²) >= 11 is 6.12. The van der Waals surface area contributed by atoms with Crippen LogP contribution in [-0.2, 0) is 16.1 Å². The summed E-state index contributed by atoms with van der Waals surface area (Å²) in [6.45, 7) is 2.00. The van der Waals surface area contributed by atoms with E-state index in [2.05, 4.69) is 5.32 Å². The topological polar surface area (TPSA) is 58.6 Å². The van der Waals surface area contributed by atoms with Crippen LogP contribution in [0.1, 0.15) is 24.8 Å². The van der Waals surface area contributed by atoms with Crippen LogP contribution in [0.5, 0.6) is 5.75 Å². The van der Waals surface area contributed by atoms with Gasteiger partial charge in [-0.25, -0.2) is 0 Å². The predicted molar refractivity (Wildman–Crippen MR) is 109 cm³/mol. The number of amides is 2. The first-order valence-corrected chi connectivity index (χ1v) is 9.98. The Labute approximate surface area is 170 Å². The van der Waals surface area contributed by atoms with Gasteiger partial charge in [-0.2, -0.15) is 0 Å². The zero-order valence-electron chi connectivity index (χ0n) is 15.8. The van der Waals surface area contributed by atoms with Crippen molar-refractivity contribution in [1.82, 2.24) is 10.2 Å². The molecular weight excluding hydrogens is 376 g/mol. The maximum absolute atomic E-state index is 12.4. The van der Waals surface area contributed by atoms with E-state index in [9.17, 15) is 9.59 Å². The smallest absolute Gasteiger partial charge is 0.225 e. The second-order valence-electron chi connectivity index (χ2n) is 6.88. The molecule has 0 aliphatic carbocycles. The minimum absolute atomic E-state index is 0.0272. The molecule has 1 aliphatic heterocycles. The molecule has 2 aromatic rings. The quantitative estimate of drug-likeness (QED) is 0.771. The SMILES string of the molecule is O=C(NCc1ccccc1Cl)C1CCN(C(=O)CCOc2ccccc2)CC1. The number of piperidine rings is 1. The van der Waals surface area contributed by atoms with Gasteiger partial charge in [-0.3, -0.25) is 9.59 Å². The molecule has 0 unspecified atom stereocenters. The summed E-state index contributed by atoms with van der Waals surface area (Å²) in [4.78, 5) is 26.6. The highest BCUT2D eigenvalue weighted by Gasteiger charge is 2.27. The zero-order valence-corrected chi connectivity index (χ0v) is 16.5. The molecule has 6 heteroatoms. The lowest BCUT2D eigenvalue weighted by molar-refractivity contribution is -0.136. The third-order valence-electron chi connectivity index (χ3n) is 4.96. The van der Waals surface area contributed by atoms with Crippen molar-refractivity contribution in [2.45, 2.75) is 25.8 Å². The van der Waals surface area contributed by atoms with Crippen molar-refractivity contribution in [1.29, 1.82) is 0 Å². The van der Waals surface area contributed by atoms with Crippen LogP contribution >= 0.6 is 11.6 Å². The van der Waals surface area contributed by atoms with Gasteiger partial charge in [0.15, 0.2) is 0 Å². The van der Waals surface area contributed by atoms with Gasteiger partial charge in [0.2, 0.25) is 11.8 Å². The van der Waals surface area contributed by atoms with Gasteiger partial charge in [0, 0.05) is 30.6 Å². The average molecular weight is 401 g/mol. The minimum atomic E-state index is -0.0629. The molecule has 1 heterocycles. The third kappa shape index (κ3) is 5.73. The molecule has 3 rings (SSSR count). The number of halogens is 1. The van der Waals surface area contributed by atoms with Crippen molar-refractivity contribution in [2.24, 2.45) is 5.92 Å². The Hall–Kier alpha value is -2.53. The van der Waals surface area contributed by atoms with Gasteiger partial charge >= 0.3 is 0 Å². The lowest BCUT2D eigenvalue weighted by atomic mass is 9.95. The van der Waals surface area contributed by atoms with Crippen molar-refractivity contribution >= 4 is 23.4 Å². The van der Waals surface area contributed by atoms with E-state index in [1.807, 2.05) is 59.5 Å². The number of carbonyl (C=O) groups excluding carboxylic acids is 2. The highest BCUT2D eigenvalue weighted by atomic mass is 35.5. The molecule has 28 heavy (non-hydrogen) atoms. The number of rotatable bonds is 7. The summed E-state index contributed by atoms with van der Waals surface area (Å²) in [6.07, 6.45) is 1.71. The van der Waals surface area contributed by atoms with Gasteiger partial charge in [-0.1, -0.05) is 48.0 Å². The number of carbonyl (C=O) groups is 2. The van der Waals surface area contributed by atoms with E-state index in [1.54, 1.807) is 0 Å². The zero-order chi connectivity index (χ0) is 19.8. The molecule has 1 N–H and O–H groups in total. The van der Waals surface area contributed by atoms with E-state index in [4.69, 9.17) is 16.3 Å². The lowest BCUT2D eigenvalue weighted by Crippen LogP contribution is -2.43. The van der Waals surface area contributed by atoms with Crippen LogP contribution in [0.2, 0.25) is 5.02 Å². The van der Waals surface area contributed by atoms with Crippen molar-refractivity contribution in [2.75, 3.05) is 19.7 Å². The Bertz CT molecular complexity index is 789. The molecule has 1 aliphatic rings. The number of nitrogens with zero attached hydrogens (tertiary/aromatic N) is 1. The summed E-state index contributed by atoms with van der Waals surface area (Å²) in [7, 11) is 0. The number of para-hydroxylation sites is 1. The Morgan fingerprint density at radius 1 is 1.04 bits per heavy atom. The summed E-state index contributed by atoms with van der Waals surface area (Å²) in [6, 6.07) is 17.0. The van der Waals surface area contributed by atoms with Crippen molar-refractivity contribution < 1.29 is 14.3 Å². The lowest BCUT2D eigenvalue weighted by Gasteiger charge is -2.31. The fourth-order valence-electron chi connectivity index (χ4n) is 3.29. The van der Waals surface area contributed by atoms with Gasteiger partial charge in [0.1, 0.15) is 5.75 Å². The van der Waals surface area contributed by atoms with Gasteiger partial charge in [0.05, 0.1) is 13.0 Å². The minimum Gasteiger partial charge on any atom is -0.493 e. The average Bonchev–Trinajstić information content (AvgIpc) is 2.74. The van der Waals surface area contributed by atoms with Crippen molar-refractivity contribution in [3.8, 4) is 5.75 Å². The molecule has 0 saturated carbocycles. The predicted octanol–water partition coefficient (Wildman–Crippen LogP) is 3.66. The van der Waals surface area contributed by atoms with Gasteiger partial charge in [-0.15, -0.1) is 0 Å². The maximum Gasteiger partial charge on any atom is 0.225 e. The summed E-state index contributed by atoms with van der Waals surface area (Å²) in [5.41, 5.74) is 0.906. The first-order valence-electron chi connectivity index (χ1n) is 9.60. The van der Waals surface area contributed by atoms with E-state index < -0.39 is 0 Å². The molecule has 0 spiro atoms. The molecule has 1 saturated heterocycles. The van der Waals surface area contributed by atoms with E-state index >= 15 is 0 Å². The first-order chi connectivity index (χ1) is 13.6. The van der Waals surface area contributed by atoms with Crippen LogP contribution in [0.25, 0.3) is 0 Å². The standard InChI is InChI=1S/C22H25ClN2O3/c23-20-9-5-4-6-18(20)16-24-22(27)17-10-13-25(14-11-17)21(26)12-15-28-19-7-2-1-3-8-19/h1-9,17H,10-16H2,(H,24,27). The molecule has 0 radical (unpaired) electrons. The largest absolute Gasteiger partial charge is 0.493 e. The molecule has 1 fully saturated rings. The summed E-state index contributed by atoms with van der Waals surface area (Å²) < 4.78 is 5.59. The van der Waals surface area contributed by atoms with E-state index in [-0.39, 0.29) is 17.7 Å². The van der Waals surface area contributed by atoms with E-state index in [0.717, 1.165) is 11.3 Å². The normalized spacial score (nSPS) is 14.5. The number of ether oxygens (including phenoxy) is 1. The fraction of sp³-hybridized carbons (Fsp3) is 0.364. The highest BCUT2D eigenvalue weighted by Crippen LogP contribution is 2.19. The maximum atomic E-state index is 12.4. The Kier molecular flexibility index (Phi) is 7.31. The van der Waals surface area contributed by atoms with Crippen LogP contribution in [0.4, 0.5) is 0 Å². The number of nitrogens with one attached hydrogen (secondary N) is 1. The Morgan fingerprint density at radius 3 is 2.43 bits per heavy atom. The third-order valence-corrected chi connectivity index (χ3v) is 5.33. The monoisotopic (exact) mass is 400 g/mol. The fourth-order valence-corrected chi connectivity index (χ4v) is 3.49. The molecule has 2 aromatic carbocycles. The number of benzene rings is 2. The van der Waals surface area contributed by atoms with Gasteiger partial charge < -0.3 is 15.0 Å². The molecule has 2 amide bonds. The van der Waals surface area contributed by atoms with E-state index in [1.165, 1.54) is 0 Å². The van der Waals surface area contributed by atoms with Crippen molar-refractivity contribution in [3.63, 3.8) is 0 Å². The molecule has 0 aromatic heterocycles. The van der Waals surface area contributed by atoms with Crippen LogP contribution in [0.15, 0.2) is 54.6 Å². The Morgan fingerprint density at radius 2 is 1.71 bits per heavy atom. The Balaban J connectivity index is 1.37. The van der Waals surface area contributed by atoms with Crippen LogP contribution < -0.4 is 10.1 Å². The highest BCUT2D eigenvalue weighted by molar-refractivity contribution is 6.31. The first kappa shape index (κ1) is 20.2. The second kappa shape index (κ2) is 10.1. The summed E-state index contributed by atoms with van der Waals surface area (Å²) in [5, 5.41) is 3.61. The van der Waals surface area contributed by atoms with Crippen LogP contribution in [-0.4, -0.2) is 36.4 Å². The molecule has 5 nitrogen and oxygen atoms in total. The molecule has 0 bridgehead atoms. The number of hydrogen-bond donors (Lipinski definition) is 1. The van der Waals surface area contributed by atoms with Crippen LogP contribution in [0, 0.1) is 5.92 Å².